The first-order valence-corrected chi connectivity index (χ1v) is 9.04. The van der Waals surface area contributed by atoms with Crippen LogP contribution in [0.4, 0.5) is 0 Å². The number of carbonyl (C=O) groups is 1. The van der Waals surface area contributed by atoms with E-state index in [4.69, 9.17) is 4.84 Å². The molecule has 0 unspecified atom stereocenters. The molecule has 0 radical (unpaired) electrons. The van der Waals surface area contributed by atoms with Crippen molar-refractivity contribution in [2.75, 3.05) is 0 Å². The first-order valence-electron chi connectivity index (χ1n) is 9.04. The van der Waals surface area contributed by atoms with Crippen LogP contribution in [-0.4, -0.2) is 5.97 Å². The summed E-state index contributed by atoms with van der Waals surface area (Å²) >= 11 is 0. The van der Waals surface area contributed by atoms with Crippen LogP contribution in [0.1, 0.15) is 23.1 Å². The highest BCUT2D eigenvalue weighted by Crippen LogP contribution is 2.59. The van der Waals surface area contributed by atoms with Crippen molar-refractivity contribution < 1.29 is 9.63 Å². The van der Waals surface area contributed by atoms with Gasteiger partial charge in [-0.15, -0.1) is 0 Å². The van der Waals surface area contributed by atoms with Crippen molar-refractivity contribution in [3.05, 3.63) is 114 Å². The van der Waals surface area contributed by atoms with E-state index in [2.05, 4.69) is 36.3 Å². The first kappa shape index (κ1) is 17.1. The molecule has 1 fully saturated rings. The second kappa shape index (κ2) is 7.12. The Balaban J connectivity index is 1.52. The first-order chi connectivity index (χ1) is 13.2. The van der Waals surface area contributed by atoms with Gasteiger partial charge >= 0.3 is 5.97 Å². The molecule has 134 valence electrons. The summed E-state index contributed by atoms with van der Waals surface area (Å²) in [6.07, 6.45) is 0.735. The summed E-state index contributed by atoms with van der Waals surface area (Å²) < 4.78 is 0. The Morgan fingerprint density at radius 3 is 1.85 bits per heavy atom. The summed E-state index contributed by atoms with van der Waals surface area (Å²) in [6.45, 7) is 3.94. The van der Waals surface area contributed by atoms with Crippen LogP contribution in [0.5, 0.6) is 0 Å². The molecule has 27 heavy (non-hydrogen) atoms. The maximum absolute atomic E-state index is 12.8. The smallest absolute Gasteiger partial charge is 0.336 e. The summed E-state index contributed by atoms with van der Waals surface area (Å²) in [7, 11) is 0. The molecule has 0 heterocycles. The van der Waals surface area contributed by atoms with Gasteiger partial charge in [-0.1, -0.05) is 97.6 Å². The molecule has 3 nitrogen and oxygen atoms in total. The predicted molar refractivity (Wildman–Crippen MR) is 106 cm³/mol. The van der Waals surface area contributed by atoms with Gasteiger partial charge in [-0.05, 0) is 17.5 Å². The highest BCUT2D eigenvalue weighted by Gasteiger charge is 2.61. The summed E-state index contributed by atoms with van der Waals surface area (Å²) in [5.74, 6) is -0.488. The number of benzene rings is 3. The third-order valence-electron chi connectivity index (χ3n) is 5.22. The highest BCUT2D eigenvalue weighted by atomic mass is 16.7. The lowest BCUT2D eigenvalue weighted by Gasteiger charge is -2.18. The minimum Gasteiger partial charge on any atom is -0.343 e. The summed E-state index contributed by atoms with van der Waals surface area (Å²) in [5.41, 5.74) is 6.12. The lowest BCUT2D eigenvalue weighted by molar-refractivity contribution is -0.150. The highest BCUT2D eigenvalue weighted by molar-refractivity contribution is 5.81. The average Bonchev–Trinajstić information content (AvgIpc) is 3.51. The number of nitrogens with one attached hydrogen (secondary N) is 1. The zero-order chi connectivity index (χ0) is 18.7. The molecule has 0 amide bonds. The number of hydroxylamine groups is 1. The second-order valence-electron chi connectivity index (χ2n) is 6.83. The molecule has 1 aliphatic rings. The van der Waals surface area contributed by atoms with Gasteiger partial charge in [0, 0.05) is 11.0 Å². The molecule has 3 aromatic rings. The fourth-order valence-electron chi connectivity index (χ4n) is 3.70. The maximum Gasteiger partial charge on any atom is 0.336 e. The molecule has 0 bridgehead atoms. The van der Waals surface area contributed by atoms with Crippen molar-refractivity contribution in [1.29, 1.82) is 0 Å². The molecule has 4 rings (SSSR count). The van der Waals surface area contributed by atoms with Crippen molar-refractivity contribution in [3.63, 3.8) is 0 Å². The lowest BCUT2D eigenvalue weighted by atomic mass is 9.86. The Labute approximate surface area is 159 Å². The molecule has 1 atom stereocenters. The van der Waals surface area contributed by atoms with Crippen LogP contribution in [-0.2, 0) is 15.0 Å². The SMILES string of the molecule is C=C(NOC(=O)[C@H]1CC1(c1ccccc1)c1ccccc1)c1ccccc1. The molecule has 0 aliphatic heterocycles. The maximum atomic E-state index is 12.8. The molecule has 0 aromatic heterocycles. The molecular formula is C24H21NO2. The molecule has 3 aromatic carbocycles. The quantitative estimate of drug-likeness (QED) is 0.651. The van der Waals surface area contributed by atoms with Gasteiger partial charge in [-0.2, -0.15) is 0 Å². The van der Waals surface area contributed by atoms with Crippen molar-refractivity contribution in [1.82, 2.24) is 5.48 Å². The molecule has 0 saturated heterocycles. The van der Waals surface area contributed by atoms with Gasteiger partial charge in [0.1, 0.15) is 0 Å². The Morgan fingerprint density at radius 2 is 1.33 bits per heavy atom. The molecule has 1 N–H and O–H groups in total. The fraction of sp³-hybridized carbons (Fsp3) is 0.125. The van der Waals surface area contributed by atoms with E-state index in [-0.39, 0.29) is 17.3 Å². The Bertz CT molecular complexity index is 896. The third-order valence-corrected chi connectivity index (χ3v) is 5.22. The molecule has 1 saturated carbocycles. The molecular weight excluding hydrogens is 334 g/mol. The average molecular weight is 355 g/mol. The summed E-state index contributed by atoms with van der Waals surface area (Å²) in [6, 6.07) is 29.9. The zero-order valence-electron chi connectivity index (χ0n) is 15.0. The number of rotatable bonds is 6. The predicted octanol–water partition coefficient (Wildman–Crippen LogP) is 4.71. The topological polar surface area (TPSA) is 38.3 Å². The Morgan fingerprint density at radius 1 is 0.852 bits per heavy atom. The third kappa shape index (κ3) is 3.24. The van der Waals surface area contributed by atoms with E-state index in [9.17, 15) is 4.79 Å². The van der Waals surface area contributed by atoms with E-state index in [1.54, 1.807) is 0 Å². The van der Waals surface area contributed by atoms with Crippen molar-refractivity contribution in [2.45, 2.75) is 11.8 Å². The fourth-order valence-corrected chi connectivity index (χ4v) is 3.70. The van der Waals surface area contributed by atoms with Crippen LogP contribution in [0.2, 0.25) is 0 Å². The monoisotopic (exact) mass is 355 g/mol. The van der Waals surface area contributed by atoms with E-state index in [1.165, 1.54) is 0 Å². The van der Waals surface area contributed by atoms with E-state index >= 15 is 0 Å². The minimum absolute atomic E-state index is 0.224. The summed E-state index contributed by atoms with van der Waals surface area (Å²) in [5, 5.41) is 0. The minimum atomic E-state index is -0.324. The van der Waals surface area contributed by atoms with Gasteiger partial charge in [-0.25, -0.2) is 10.3 Å². The lowest BCUT2D eigenvalue weighted by Crippen LogP contribution is -2.24. The van der Waals surface area contributed by atoms with Crippen LogP contribution < -0.4 is 5.48 Å². The van der Waals surface area contributed by atoms with Gasteiger partial charge < -0.3 is 4.84 Å². The van der Waals surface area contributed by atoms with Crippen LogP contribution >= 0.6 is 0 Å². The van der Waals surface area contributed by atoms with E-state index in [0.717, 1.165) is 23.1 Å². The van der Waals surface area contributed by atoms with Gasteiger partial charge in [0.25, 0.3) is 0 Å². The van der Waals surface area contributed by atoms with Gasteiger partial charge in [0.2, 0.25) is 0 Å². The molecule has 3 heteroatoms. The van der Waals surface area contributed by atoms with Gasteiger partial charge in [-0.3, -0.25) is 0 Å². The zero-order valence-corrected chi connectivity index (χ0v) is 15.0. The largest absolute Gasteiger partial charge is 0.343 e. The number of hydrogen-bond donors (Lipinski definition) is 1. The normalized spacial score (nSPS) is 17.0. The van der Waals surface area contributed by atoms with E-state index < -0.39 is 0 Å². The van der Waals surface area contributed by atoms with Crippen molar-refractivity contribution in [2.24, 2.45) is 5.92 Å². The second-order valence-corrected chi connectivity index (χ2v) is 6.83. The van der Waals surface area contributed by atoms with E-state index in [0.29, 0.717) is 5.70 Å². The van der Waals surface area contributed by atoms with Crippen LogP contribution in [0.3, 0.4) is 0 Å². The van der Waals surface area contributed by atoms with Crippen molar-refractivity contribution in [3.8, 4) is 0 Å². The standard InChI is InChI=1S/C24H21NO2/c1-18(19-11-5-2-6-12-19)25-27-23(26)22-17-24(22,20-13-7-3-8-14-20)21-15-9-4-10-16-21/h2-16,22,25H,1,17H2/t22-/m1/s1. The van der Waals surface area contributed by atoms with Crippen LogP contribution in [0.15, 0.2) is 97.6 Å². The molecule has 0 spiro atoms. The number of carbonyl (C=O) groups excluding carboxylic acids is 1. The van der Waals surface area contributed by atoms with Crippen molar-refractivity contribution >= 4 is 11.7 Å². The molecule has 1 aliphatic carbocycles. The number of hydrogen-bond acceptors (Lipinski definition) is 3. The van der Waals surface area contributed by atoms with Crippen LogP contribution in [0.25, 0.3) is 5.70 Å². The van der Waals surface area contributed by atoms with Gasteiger partial charge in [0.05, 0.1) is 11.6 Å². The Hall–Kier alpha value is -3.33. The summed E-state index contributed by atoms with van der Waals surface area (Å²) in [4.78, 5) is 18.2. The van der Waals surface area contributed by atoms with E-state index in [1.807, 2.05) is 66.7 Å². The van der Waals surface area contributed by atoms with Gasteiger partial charge in [0.15, 0.2) is 0 Å². The Kier molecular flexibility index (Phi) is 4.51. The van der Waals surface area contributed by atoms with Crippen LogP contribution in [0, 0.1) is 5.92 Å².